The Morgan fingerprint density at radius 3 is 2.55 bits per heavy atom. The van der Waals surface area contributed by atoms with E-state index in [0.29, 0.717) is 6.42 Å². The SMILES string of the molecule is COc1ccc(CCC(=O)OCC(=O)N(C)[C@@H](C)c2nc3ccccc3s2)cc1. The first kappa shape index (κ1) is 20.8. The molecule has 0 saturated heterocycles. The zero-order valence-corrected chi connectivity index (χ0v) is 17.6. The van der Waals surface area contributed by atoms with E-state index < -0.39 is 5.97 Å². The standard InChI is InChI=1S/C22H24N2O4S/c1-15(22-23-18-6-4-5-7-19(18)29-22)24(2)20(25)14-28-21(26)13-10-16-8-11-17(27-3)12-9-16/h4-9,11-12,15H,10,13-14H2,1-3H3/t15-/m0/s1. The van der Waals surface area contributed by atoms with E-state index in [1.165, 1.54) is 0 Å². The van der Waals surface area contributed by atoms with Crippen molar-refractivity contribution in [1.29, 1.82) is 0 Å². The van der Waals surface area contributed by atoms with Gasteiger partial charge in [0.05, 0.1) is 23.4 Å². The van der Waals surface area contributed by atoms with Gasteiger partial charge in [-0.3, -0.25) is 9.59 Å². The van der Waals surface area contributed by atoms with Crippen molar-refractivity contribution in [3.05, 3.63) is 59.1 Å². The number of nitrogens with zero attached hydrogens (tertiary/aromatic N) is 2. The number of carbonyl (C=O) groups excluding carboxylic acids is 2. The molecule has 0 unspecified atom stereocenters. The molecule has 0 saturated carbocycles. The lowest BCUT2D eigenvalue weighted by Crippen LogP contribution is -2.33. The predicted molar refractivity (Wildman–Crippen MR) is 113 cm³/mol. The Bertz CT molecular complexity index is 951. The Labute approximate surface area is 174 Å². The van der Waals surface area contributed by atoms with Crippen LogP contribution in [0, 0.1) is 0 Å². The number of likely N-dealkylation sites (N-methyl/N-ethyl adjacent to an activating group) is 1. The van der Waals surface area contributed by atoms with E-state index in [1.54, 1.807) is 30.4 Å². The summed E-state index contributed by atoms with van der Waals surface area (Å²) in [7, 11) is 3.31. The predicted octanol–water partition coefficient (Wildman–Crippen LogP) is 4.00. The summed E-state index contributed by atoms with van der Waals surface area (Å²) in [6.07, 6.45) is 0.770. The van der Waals surface area contributed by atoms with E-state index in [0.717, 1.165) is 26.5 Å². The van der Waals surface area contributed by atoms with Crippen molar-refractivity contribution < 1.29 is 19.1 Å². The number of hydrogen-bond donors (Lipinski definition) is 0. The summed E-state index contributed by atoms with van der Waals surface area (Å²) < 4.78 is 11.4. The first-order valence-corrected chi connectivity index (χ1v) is 10.2. The highest BCUT2D eigenvalue weighted by atomic mass is 32.1. The maximum Gasteiger partial charge on any atom is 0.306 e. The highest BCUT2D eigenvalue weighted by Gasteiger charge is 2.21. The Balaban J connectivity index is 1.47. The minimum absolute atomic E-state index is 0.196. The number of aromatic nitrogens is 1. The van der Waals surface area contributed by atoms with Crippen molar-refractivity contribution in [2.45, 2.75) is 25.8 Å². The molecule has 1 aromatic heterocycles. The van der Waals surface area contributed by atoms with Gasteiger partial charge in [-0.2, -0.15) is 0 Å². The summed E-state index contributed by atoms with van der Waals surface area (Å²) in [4.78, 5) is 30.6. The smallest absolute Gasteiger partial charge is 0.306 e. The summed E-state index contributed by atoms with van der Waals surface area (Å²) >= 11 is 1.56. The maximum absolute atomic E-state index is 12.4. The van der Waals surface area contributed by atoms with Crippen LogP contribution in [0.5, 0.6) is 5.75 Å². The topological polar surface area (TPSA) is 68.7 Å². The van der Waals surface area contributed by atoms with E-state index in [9.17, 15) is 9.59 Å². The number of amides is 1. The molecule has 0 aliphatic rings. The van der Waals surface area contributed by atoms with Crippen molar-refractivity contribution in [2.75, 3.05) is 20.8 Å². The van der Waals surface area contributed by atoms with Gasteiger partial charge in [-0.15, -0.1) is 11.3 Å². The molecule has 29 heavy (non-hydrogen) atoms. The quantitative estimate of drug-likeness (QED) is 0.523. The van der Waals surface area contributed by atoms with Gasteiger partial charge >= 0.3 is 5.97 Å². The number of thiazole rings is 1. The molecule has 1 amide bonds. The van der Waals surface area contributed by atoms with Crippen molar-refractivity contribution in [3.8, 4) is 5.75 Å². The number of methoxy groups -OCH3 is 1. The molecular weight excluding hydrogens is 388 g/mol. The number of carbonyl (C=O) groups is 2. The zero-order valence-electron chi connectivity index (χ0n) is 16.8. The van der Waals surface area contributed by atoms with Gasteiger partial charge in [0.25, 0.3) is 5.91 Å². The van der Waals surface area contributed by atoms with Gasteiger partial charge in [-0.1, -0.05) is 24.3 Å². The van der Waals surface area contributed by atoms with Crippen molar-refractivity contribution in [2.24, 2.45) is 0 Å². The molecule has 1 heterocycles. The van der Waals surface area contributed by atoms with Crippen LogP contribution in [-0.4, -0.2) is 42.5 Å². The highest BCUT2D eigenvalue weighted by Crippen LogP contribution is 2.28. The van der Waals surface area contributed by atoms with Crippen LogP contribution < -0.4 is 4.74 Å². The second-order valence-electron chi connectivity index (χ2n) is 6.71. The van der Waals surface area contributed by atoms with Gasteiger partial charge in [0.1, 0.15) is 10.8 Å². The number of fused-ring (bicyclic) bond motifs is 1. The highest BCUT2D eigenvalue weighted by molar-refractivity contribution is 7.18. The van der Waals surface area contributed by atoms with E-state index in [-0.39, 0.29) is 25.0 Å². The summed E-state index contributed by atoms with van der Waals surface area (Å²) in [5.74, 6) is 0.122. The van der Waals surface area contributed by atoms with E-state index in [2.05, 4.69) is 4.98 Å². The van der Waals surface area contributed by atoms with Gasteiger partial charge in [0, 0.05) is 13.5 Å². The van der Waals surface area contributed by atoms with Crippen LogP contribution in [-0.2, 0) is 20.7 Å². The number of para-hydroxylation sites is 1. The molecular formula is C22H24N2O4S. The van der Waals surface area contributed by atoms with Crippen LogP contribution in [0.2, 0.25) is 0 Å². The number of esters is 1. The molecule has 0 spiro atoms. The Kier molecular flexibility index (Phi) is 6.82. The molecule has 6 nitrogen and oxygen atoms in total. The van der Waals surface area contributed by atoms with Crippen molar-refractivity contribution >= 4 is 33.4 Å². The molecule has 2 aromatic carbocycles. The number of ether oxygens (including phenoxy) is 2. The molecule has 3 aromatic rings. The molecule has 0 fully saturated rings. The normalized spacial score (nSPS) is 11.8. The minimum atomic E-state index is -0.393. The van der Waals surface area contributed by atoms with Crippen molar-refractivity contribution in [3.63, 3.8) is 0 Å². The average Bonchev–Trinajstić information content (AvgIpc) is 3.19. The number of benzene rings is 2. The first-order chi connectivity index (χ1) is 14.0. The van der Waals surface area contributed by atoms with Crippen LogP contribution in [0.4, 0.5) is 0 Å². The van der Waals surface area contributed by atoms with Crippen LogP contribution in [0.25, 0.3) is 10.2 Å². The van der Waals surface area contributed by atoms with Crippen LogP contribution in [0.15, 0.2) is 48.5 Å². The third kappa shape index (κ3) is 5.32. The van der Waals surface area contributed by atoms with Gasteiger partial charge < -0.3 is 14.4 Å². The van der Waals surface area contributed by atoms with Gasteiger partial charge in [-0.25, -0.2) is 4.98 Å². The molecule has 152 valence electrons. The monoisotopic (exact) mass is 412 g/mol. The van der Waals surface area contributed by atoms with Gasteiger partial charge in [0.2, 0.25) is 0 Å². The first-order valence-electron chi connectivity index (χ1n) is 9.37. The summed E-state index contributed by atoms with van der Waals surface area (Å²) in [6, 6.07) is 15.2. The molecule has 0 N–H and O–H groups in total. The fraction of sp³-hybridized carbons (Fsp3) is 0.318. The van der Waals surface area contributed by atoms with Crippen LogP contribution >= 0.6 is 11.3 Å². The van der Waals surface area contributed by atoms with Gasteiger partial charge in [-0.05, 0) is 43.2 Å². The lowest BCUT2D eigenvalue weighted by Gasteiger charge is -2.23. The fourth-order valence-corrected chi connectivity index (χ4v) is 3.87. The lowest BCUT2D eigenvalue weighted by atomic mass is 10.1. The number of aryl methyl sites for hydroxylation is 1. The zero-order chi connectivity index (χ0) is 20.8. The van der Waals surface area contributed by atoms with Crippen LogP contribution in [0.3, 0.4) is 0 Å². The third-order valence-electron chi connectivity index (χ3n) is 4.78. The second-order valence-corrected chi connectivity index (χ2v) is 7.77. The fourth-order valence-electron chi connectivity index (χ4n) is 2.81. The van der Waals surface area contributed by atoms with E-state index in [1.807, 2.05) is 55.5 Å². The Morgan fingerprint density at radius 1 is 1.14 bits per heavy atom. The van der Waals surface area contributed by atoms with Crippen molar-refractivity contribution in [1.82, 2.24) is 9.88 Å². The summed E-state index contributed by atoms with van der Waals surface area (Å²) in [6.45, 7) is 1.65. The molecule has 3 rings (SSSR count). The van der Waals surface area contributed by atoms with Gasteiger partial charge in [0.15, 0.2) is 6.61 Å². The molecule has 0 aliphatic carbocycles. The van der Waals surface area contributed by atoms with E-state index >= 15 is 0 Å². The van der Waals surface area contributed by atoms with E-state index in [4.69, 9.17) is 9.47 Å². The summed E-state index contributed by atoms with van der Waals surface area (Å²) in [5, 5.41) is 0.855. The molecule has 7 heteroatoms. The number of hydrogen-bond acceptors (Lipinski definition) is 6. The minimum Gasteiger partial charge on any atom is -0.497 e. The van der Waals surface area contributed by atoms with Crippen LogP contribution in [0.1, 0.15) is 30.0 Å². The lowest BCUT2D eigenvalue weighted by molar-refractivity contribution is -0.152. The molecule has 0 radical (unpaired) electrons. The maximum atomic E-state index is 12.4. The Hall–Kier alpha value is -2.93. The average molecular weight is 413 g/mol. The summed E-state index contributed by atoms with van der Waals surface area (Å²) in [5.41, 5.74) is 1.93. The molecule has 1 atom stereocenters. The molecule has 0 bridgehead atoms. The second kappa shape index (κ2) is 9.52. The largest absolute Gasteiger partial charge is 0.497 e. The number of rotatable bonds is 8. The molecule has 0 aliphatic heterocycles. The third-order valence-corrected chi connectivity index (χ3v) is 5.98. The Morgan fingerprint density at radius 2 is 1.86 bits per heavy atom.